The molecule has 0 radical (unpaired) electrons. The van der Waals surface area contributed by atoms with Gasteiger partial charge in [-0.1, -0.05) is 36.4 Å². The van der Waals surface area contributed by atoms with E-state index in [0.29, 0.717) is 82.9 Å². The van der Waals surface area contributed by atoms with Crippen molar-refractivity contribution >= 4 is 90.0 Å². The average Bonchev–Trinajstić information content (AvgIpc) is 0.794. The first kappa shape index (κ1) is 96.3. The fourth-order valence-electron chi connectivity index (χ4n) is 12.7. The standard InChI is InChI=1S/2C27H39N3O5S.C14H21NO6S.C12H19N3.2ClH/c2*1-21-18-26(34-5)19-22(2)27(21)36(32,33)29(4)16-17-35-20-25(31)11-8-23-6-9-24(10-7-23)30-14-12-28(3)13-15-30;1-11-7-13(19-4)8-12(2)14(11)22(17,18)15(3)5-6-20-10-21-9-16;1-14-6-8-15(9-7-14)12-4-2-11(10-13)3-5-12;;/h2*6-7,9-10,18-19H,8,11-17,20H2,1-5H3;7-9H,5-6,10H2,1-4H3;2-5H,6-10,13H2,1H3;2*1H. The summed E-state index contributed by atoms with van der Waals surface area (Å²) in [6.45, 7) is 25.0. The lowest BCUT2D eigenvalue weighted by Gasteiger charge is -2.34. The molecule has 3 aliphatic heterocycles. The molecule has 0 unspecified atom stereocenters. The van der Waals surface area contributed by atoms with Crippen molar-refractivity contribution in [2.24, 2.45) is 5.73 Å². The van der Waals surface area contributed by atoms with Gasteiger partial charge in [0.05, 0.1) is 55.8 Å². The Morgan fingerprint density at radius 2 is 0.667 bits per heavy atom. The van der Waals surface area contributed by atoms with Crippen molar-refractivity contribution in [1.82, 2.24) is 27.6 Å². The van der Waals surface area contributed by atoms with Crippen LogP contribution in [-0.4, -0.2) is 273 Å². The SMILES string of the molecule is CN1CCN(c2ccc(CN)cc2)CC1.COc1cc(C)c(S(=O)(=O)N(C)CCOCC(=O)CCc2ccc(N3CCN(C)CC3)cc2)c(C)c1.COc1cc(C)c(S(=O)(=O)N(C)CCOCC(=O)CCc2ccc(N3CCN(C)CC3)cc2)c(C)c1.COc1cc(C)c(S(=O)(=O)N(C)CCOCOC=O)c(C)c1.Cl.Cl. The van der Waals surface area contributed by atoms with Crippen LogP contribution in [-0.2, 0) is 82.8 Å². The van der Waals surface area contributed by atoms with Gasteiger partial charge in [-0.05, 0) is 198 Å². The zero-order valence-corrected chi connectivity index (χ0v) is 71.6. The van der Waals surface area contributed by atoms with E-state index in [1.807, 2.05) is 0 Å². The van der Waals surface area contributed by atoms with Gasteiger partial charge in [-0.3, -0.25) is 14.4 Å². The van der Waals surface area contributed by atoms with Crippen LogP contribution in [0.3, 0.4) is 0 Å². The number of benzene rings is 6. The van der Waals surface area contributed by atoms with Crippen molar-refractivity contribution in [2.45, 2.75) is 88.5 Å². The van der Waals surface area contributed by atoms with Crippen LogP contribution in [0.4, 0.5) is 17.1 Å². The highest BCUT2D eigenvalue weighted by atomic mass is 35.5. The minimum absolute atomic E-state index is 0. The molecule has 0 spiro atoms. The number of carbonyl (C=O) groups excluding carboxylic acids is 3. The molecule has 3 aliphatic rings. The first-order chi connectivity index (χ1) is 51.9. The number of carbonyl (C=O) groups is 3. The summed E-state index contributed by atoms with van der Waals surface area (Å²) in [4.78, 5) is 49.6. The lowest BCUT2D eigenvalue weighted by molar-refractivity contribution is -0.140. The molecular weight excluding hydrogens is 1520 g/mol. The first-order valence-corrected chi connectivity index (χ1v) is 41.1. The molecular formula is C80H120Cl2N10O16S3. The molecule has 618 valence electrons. The zero-order valence-electron chi connectivity index (χ0n) is 67.5. The Morgan fingerprint density at radius 3 is 0.910 bits per heavy atom. The van der Waals surface area contributed by atoms with Gasteiger partial charge >= 0.3 is 0 Å². The van der Waals surface area contributed by atoms with Gasteiger partial charge in [0.1, 0.15) is 30.5 Å². The first-order valence-electron chi connectivity index (χ1n) is 36.8. The molecule has 0 bridgehead atoms. The van der Waals surface area contributed by atoms with Crippen molar-refractivity contribution in [3.05, 3.63) is 159 Å². The number of hydrogen-bond acceptors (Lipinski definition) is 23. The fourth-order valence-corrected chi connectivity index (χ4v) is 17.4. The van der Waals surface area contributed by atoms with E-state index in [2.05, 4.69) is 128 Å². The van der Waals surface area contributed by atoms with E-state index in [4.69, 9.17) is 34.2 Å². The number of rotatable bonds is 35. The highest BCUT2D eigenvalue weighted by Gasteiger charge is 2.29. The number of aryl methyl sites for hydroxylation is 8. The van der Waals surface area contributed by atoms with Crippen LogP contribution in [0.2, 0.25) is 0 Å². The Hall–Kier alpha value is -7.04. The number of halogens is 2. The van der Waals surface area contributed by atoms with Crippen LogP contribution >= 0.6 is 24.8 Å². The molecule has 9 rings (SSSR count). The maximum Gasteiger partial charge on any atom is 0.295 e. The van der Waals surface area contributed by atoms with Gasteiger partial charge in [-0.15, -0.1) is 24.8 Å². The van der Waals surface area contributed by atoms with E-state index in [-0.39, 0.29) is 117 Å². The molecule has 3 fully saturated rings. The largest absolute Gasteiger partial charge is 0.497 e. The topological polar surface area (TPSA) is 273 Å². The van der Waals surface area contributed by atoms with Crippen LogP contribution in [0.1, 0.15) is 62.9 Å². The molecule has 31 heteroatoms. The van der Waals surface area contributed by atoms with Gasteiger partial charge in [0.25, 0.3) is 6.47 Å². The van der Waals surface area contributed by atoms with Gasteiger partial charge in [-0.25, -0.2) is 25.3 Å². The van der Waals surface area contributed by atoms with Crippen LogP contribution < -0.4 is 34.6 Å². The monoisotopic (exact) mass is 1640 g/mol. The number of hydrogen-bond donors (Lipinski definition) is 1. The van der Waals surface area contributed by atoms with Crippen molar-refractivity contribution in [3.8, 4) is 17.2 Å². The van der Waals surface area contributed by atoms with Gasteiger partial charge in [0.15, 0.2) is 18.4 Å². The molecule has 111 heavy (non-hydrogen) atoms. The Labute approximate surface area is 673 Å². The van der Waals surface area contributed by atoms with Crippen molar-refractivity contribution < 1.29 is 72.8 Å². The van der Waals surface area contributed by atoms with E-state index in [9.17, 15) is 39.6 Å². The van der Waals surface area contributed by atoms with E-state index in [1.54, 1.807) is 92.2 Å². The van der Waals surface area contributed by atoms with Gasteiger partial charge in [0, 0.05) is 156 Å². The number of nitrogens with two attached hydrogens (primary N) is 1. The van der Waals surface area contributed by atoms with Crippen molar-refractivity contribution in [1.29, 1.82) is 0 Å². The minimum atomic E-state index is -3.68. The molecule has 2 N–H and O–H groups in total. The average molecular weight is 1650 g/mol. The summed E-state index contributed by atoms with van der Waals surface area (Å²) in [5, 5.41) is 0. The number of Topliss-reactive ketones (excluding diaryl/α,β-unsaturated/α-hetero) is 2. The number of methoxy groups -OCH3 is 3. The van der Waals surface area contributed by atoms with E-state index >= 15 is 0 Å². The molecule has 0 aliphatic carbocycles. The number of sulfonamides is 3. The van der Waals surface area contributed by atoms with Crippen LogP contribution in [0.15, 0.2) is 124 Å². The van der Waals surface area contributed by atoms with Crippen LogP contribution in [0, 0.1) is 41.5 Å². The van der Waals surface area contributed by atoms with Gasteiger partial charge < -0.3 is 68.3 Å². The third-order valence-corrected chi connectivity index (χ3v) is 25.9. The molecule has 6 aromatic rings. The smallest absolute Gasteiger partial charge is 0.295 e. The lowest BCUT2D eigenvalue weighted by atomic mass is 10.1. The van der Waals surface area contributed by atoms with Crippen LogP contribution in [0.5, 0.6) is 17.2 Å². The van der Waals surface area contributed by atoms with Crippen molar-refractivity contribution in [2.75, 3.05) is 216 Å². The minimum Gasteiger partial charge on any atom is -0.497 e. The maximum absolute atomic E-state index is 13.1. The van der Waals surface area contributed by atoms with E-state index < -0.39 is 30.1 Å². The number of likely N-dealkylation sites (N-methyl/N-ethyl adjacent to an activating group) is 6. The second-order valence-electron chi connectivity index (χ2n) is 27.8. The number of anilines is 3. The number of ether oxygens (including phenoxy) is 7. The van der Waals surface area contributed by atoms with Crippen LogP contribution in [0.25, 0.3) is 0 Å². The Balaban J connectivity index is 0.000000325. The zero-order chi connectivity index (χ0) is 80.0. The third-order valence-electron chi connectivity index (χ3n) is 19.4. The van der Waals surface area contributed by atoms with Gasteiger partial charge in [-0.2, -0.15) is 12.9 Å². The summed E-state index contributed by atoms with van der Waals surface area (Å²) >= 11 is 0. The quantitative estimate of drug-likeness (QED) is 0.0221. The second kappa shape index (κ2) is 47.6. The van der Waals surface area contributed by atoms with E-state index in [0.717, 1.165) is 89.7 Å². The second-order valence-corrected chi connectivity index (χ2v) is 33.7. The highest BCUT2D eigenvalue weighted by Crippen LogP contribution is 2.31. The Bertz CT molecular complexity index is 3960. The molecule has 0 amide bonds. The molecule has 6 aromatic carbocycles. The normalized spacial score (nSPS) is 14.4. The third kappa shape index (κ3) is 29.7. The summed E-state index contributed by atoms with van der Waals surface area (Å²) < 4.78 is 117. The molecule has 26 nitrogen and oxygen atoms in total. The molecule has 0 aromatic heterocycles. The summed E-state index contributed by atoms with van der Waals surface area (Å²) in [5.74, 6) is 1.88. The van der Waals surface area contributed by atoms with Gasteiger partial charge in [0.2, 0.25) is 30.1 Å². The summed E-state index contributed by atoms with van der Waals surface area (Å²) in [6, 6.07) is 35.7. The molecule has 0 saturated carbocycles. The summed E-state index contributed by atoms with van der Waals surface area (Å²) in [6.07, 6.45) is 2.11. The van der Waals surface area contributed by atoms with E-state index in [1.165, 1.54) is 63.8 Å². The van der Waals surface area contributed by atoms with Crippen molar-refractivity contribution in [3.63, 3.8) is 0 Å². The summed E-state index contributed by atoms with van der Waals surface area (Å²) in [7, 11) is 4.64. The Kier molecular flexibility index (Phi) is 41.3. The lowest BCUT2D eigenvalue weighted by Crippen LogP contribution is -2.44. The molecule has 3 saturated heterocycles. The predicted molar refractivity (Wildman–Crippen MR) is 444 cm³/mol. The Morgan fingerprint density at radius 1 is 0.414 bits per heavy atom. The summed E-state index contributed by atoms with van der Waals surface area (Å²) in [5.41, 5.74) is 16.6. The number of ketones is 2. The predicted octanol–water partition coefficient (Wildman–Crippen LogP) is 8.63. The maximum atomic E-state index is 13.1. The molecule has 3 heterocycles. The fraction of sp³-hybridized carbons (Fsp3) is 0.512. The highest BCUT2D eigenvalue weighted by molar-refractivity contribution is 7.89. The number of piperazine rings is 3. The molecule has 0 atom stereocenters. The number of nitrogens with zero attached hydrogens (tertiary/aromatic N) is 9.